The van der Waals surface area contributed by atoms with E-state index in [4.69, 9.17) is 10.5 Å². The van der Waals surface area contributed by atoms with Gasteiger partial charge in [-0.3, -0.25) is 4.79 Å². The van der Waals surface area contributed by atoms with Crippen molar-refractivity contribution in [3.8, 4) is 5.75 Å². The first kappa shape index (κ1) is 13.0. The second-order valence-electron chi connectivity index (χ2n) is 3.35. The lowest BCUT2D eigenvalue weighted by molar-refractivity contribution is -0.117. The molecule has 0 aliphatic heterocycles. The van der Waals surface area contributed by atoms with Crippen LogP contribution in [-0.4, -0.2) is 18.6 Å². The van der Waals surface area contributed by atoms with Gasteiger partial charge in [-0.2, -0.15) is 0 Å². The zero-order valence-corrected chi connectivity index (χ0v) is 10.9. The van der Waals surface area contributed by atoms with Gasteiger partial charge in [-0.1, -0.05) is 15.9 Å². The summed E-state index contributed by atoms with van der Waals surface area (Å²) in [4.78, 5) is 11.5. The van der Waals surface area contributed by atoms with Crippen molar-refractivity contribution in [1.82, 2.24) is 0 Å². The topological polar surface area (TPSA) is 64.3 Å². The van der Waals surface area contributed by atoms with E-state index in [0.29, 0.717) is 18.0 Å². The molecule has 0 aliphatic carbocycles. The standard InChI is InChI=1S/C11H15BrN2O2/c1-3-16-10-6-8(12)4-5-9(10)14-11(15)7(2)13/h4-7H,3,13H2,1-2H3,(H,14,15)/t7-/m0/s1. The van der Waals surface area contributed by atoms with Gasteiger partial charge in [0, 0.05) is 4.47 Å². The van der Waals surface area contributed by atoms with Crippen LogP contribution in [0.3, 0.4) is 0 Å². The Morgan fingerprint density at radius 1 is 1.62 bits per heavy atom. The minimum atomic E-state index is -0.543. The van der Waals surface area contributed by atoms with Crippen LogP contribution >= 0.6 is 15.9 Å². The third-order valence-corrected chi connectivity index (χ3v) is 2.41. The molecule has 5 heteroatoms. The van der Waals surface area contributed by atoms with Gasteiger partial charge in [0.15, 0.2) is 0 Å². The average molecular weight is 287 g/mol. The maximum atomic E-state index is 11.5. The number of benzene rings is 1. The third kappa shape index (κ3) is 3.50. The maximum Gasteiger partial charge on any atom is 0.241 e. The normalized spacial score (nSPS) is 12.0. The maximum absolute atomic E-state index is 11.5. The number of hydrogen-bond donors (Lipinski definition) is 2. The average Bonchev–Trinajstić information content (AvgIpc) is 2.22. The van der Waals surface area contributed by atoms with Crippen LogP contribution in [0.2, 0.25) is 0 Å². The molecule has 16 heavy (non-hydrogen) atoms. The van der Waals surface area contributed by atoms with Crippen molar-refractivity contribution in [3.05, 3.63) is 22.7 Å². The summed E-state index contributed by atoms with van der Waals surface area (Å²) in [5.41, 5.74) is 6.11. The van der Waals surface area contributed by atoms with Gasteiger partial charge in [-0.15, -0.1) is 0 Å². The van der Waals surface area contributed by atoms with E-state index in [2.05, 4.69) is 21.2 Å². The van der Waals surface area contributed by atoms with Crippen LogP contribution in [0.1, 0.15) is 13.8 Å². The lowest BCUT2D eigenvalue weighted by atomic mass is 10.2. The third-order valence-electron chi connectivity index (χ3n) is 1.91. The first-order valence-electron chi connectivity index (χ1n) is 5.03. The molecule has 0 bridgehead atoms. The minimum Gasteiger partial charge on any atom is -0.492 e. The number of rotatable bonds is 4. The fourth-order valence-electron chi connectivity index (χ4n) is 1.12. The van der Waals surface area contributed by atoms with Gasteiger partial charge in [0.2, 0.25) is 5.91 Å². The summed E-state index contributed by atoms with van der Waals surface area (Å²) in [5.74, 6) is 0.397. The molecule has 0 aliphatic rings. The van der Waals surface area contributed by atoms with Gasteiger partial charge in [0.1, 0.15) is 5.75 Å². The number of halogens is 1. The molecule has 1 amide bonds. The predicted octanol–water partition coefficient (Wildman–Crippen LogP) is 2.13. The first-order chi connectivity index (χ1) is 7.54. The molecule has 0 unspecified atom stereocenters. The van der Waals surface area contributed by atoms with Crippen LogP contribution in [0, 0.1) is 0 Å². The van der Waals surface area contributed by atoms with E-state index >= 15 is 0 Å². The summed E-state index contributed by atoms with van der Waals surface area (Å²) in [6.07, 6.45) is 0. The summed E-state index contributed by atoms with van der Waals surface area (Å²) in [7, 11) is 0. The first-order valence-corrected chi connectivity index (χ1v) is 5.82. The van der Waals surface area contributed by atoms with E-state index in [0.717, 1.165) is 4.47 Å². The highest BCUT2D eigenvalue weighted by Gasteiger charge is 2.11. The van der Waals surface area contributed by atoms with E-state index in [1.807, 2.05) is 13.0 Å². The molecule has 4 nitrogen and oxygen atoms in total. The fraction of sp³-hybridized carbons (Fsp3) is 0.364. The molecule has 0 spiro atoms. The molecule has 1 rings (SSSR count). The number of nitrogens with one attached hydrogen (secondary N) is 1. The number of amides is 1. The summed E-state index contributed by atoms with van der Waals surface area (Å²) in [6, 6.07) is 4.87. The molecule has 1 atom stereocenters. The number of carbonyl (C=O) groups is 1. The quantitative estimate of drug-likeness (QED) is 0.891. The van der Waals surface area contributed by atoms with Gasteiger partial charge in [-0.05, 0) is 32.0 Å². The number of ether oxygens (including phenoxy) is 1. The molecule has 0 saturated carbocycles. The predicted molar refractivity (Wildman–Crippen MR) is 67.6 cm³/mol. The van der Waals surface area contributed by atoms with Crippen LogP contribution in [0.15, 0.2) is 22.7 Å². The second kappa shape index (κ2) is 5.86. The molecule has 88 valence electrons. The van der Waals surface area contributed by atoms with Crippen molar-refractivity contribution in [1.29, 1.82) is 0 Å². The van der Waals surface area contributed by atoms with Gasteiger partial charge in [0.25, 0.3) is 0 Å². The molecular formula is C11H15BrN2O2. The van der Waals surface area contributed by atoms with Crippen LogP contribution in [0.4, 0.5) is 5.69 Å². The summed E-state index contributed by atoms with van der Waals surface area (Å²) >= 11 is 3.34. The van der Waals surface area contributed by atoms with Crippen LogP contribution in [-0.2, 0) is 4.79 Å². The van der Waals surface area contributed by atoms with Crippen molar-refractivity contribution < 1.29 is 9.53 Å². The zero-order valence-electron chi connectivity index (χ0n) is 9.29. The van der Waals surface area contributed by atoms with Gasteiger partial charge in [-0.25, -0.2) is 0 Å². The molecule has 0 fully saturated rings. The Labute approximate surface area is 103 Å². The van der Waals surface area contributed by atoms with Crippen molar-refractivity contribution in [3.63, 3.8) is 0 Å². The molecule has 0 saturated heterocycles. The van der Waals surface area contributed by atoms with E-state index in [1.54, 1.807) is 19.1 Å². The Morgan fingerprint density at radius 3 is 2.88 bits per heavy atom. The Morgan fingerprint density at radius 2 is 2.31 bits per heavy atom. The summed E-state index contributed by atoms with van der Waals surface area (Å²) < 4.78 is 6.31. The molecule has 3 N–H and O–H groups in total. The zero-order chi connectivity index (χ0) is 12.1. The molecular weight excluding hydrogens is 272 g/mol. The molecule has 1 aromatic rings. The fourth-order valence-corrected chi connectivity index (χ4v) is 1.46. The van der Waals surface area contributed by atoms with E-state index in [-0.39, 0.29) is 5.91 Å². The SMILES string of the molecule is CCOc1cc(Br)ccc1NC(=O)[C@H](C)N. The van der Waals surface area contributed by atoms with Crippen molar-refractivity contribution in [2.45, 2.75) is 19.9 Å². The summed E-state index contributed by atoms with van der Waals surface area (Å²) in [5, 5.41) is 2.71. The van der Waals surface area contributed by atoms with Crippen molar-refractivity contribution in [2.75, 3.05) is 11.9 Å². The monoisotopic (exact) mass is 286 g/mol. The Hall–Kier alpha value is -1.07. The number of anilines is 1. The van der Waals surface area contributed by atoms with Gasteiger partial charge in [0.05, 0.1) is 18.3 Å². The van der Waals surface area contributed by atoms with Gasteiger partial charge < -0.3 is 15.8 Å². The van der Waals surface area contributed by atoms with E-state index in [9.17, 15) is 4.79 Å². The van der Waals surface area contributed by atoms with Crippen LogP contribution < -0.4 is 15.8 Å². The highest BCUT2D eigenvalue weighted by Crippen LogP contribution is 2.28. The molecule has 0 heterocycles. The number of carbonyl (C=O) groups excluding carboxylic acids is 1. The lowest BCUT2D eigenvalue weighted by Crippen LogP contribution is -2.32. The van der Waals surface area contributed by atoms with E-state index < -0.39 is 6.04 Å². The van der Waals surface area contributed by atoms with Crippen molar-refractivity contribution >= 4 is 27.5 Å². The van der Waals surface area contributed by atoms with Crippen LogP contribution in [0.25, 0.3) is 0 Å². The molecule has 0 radical (unpaired) electrons. The lowest BCUT2D eigenvalue weighted by Gasteiger charge is -2.13. The largest absolute Gasteiger partial charge is 0.492 e. The highest BCUT2D eigenvalue weighted by molar-refractivity contribution is 9.10. The van der Waals surface area contributed by atoms with Crippen molar-refractivity contribution in [2.24, 2.45) is 5.73 Å². The summed E-state index contributed by atoms with van der Waals surface area (Å²) in [6.45, 7) is 4.06. The molecule has 1 aromatic carbocycles. The van der Waals surface area contributed by atoms with Gasteiger partial charge >= 0.3 is 0 Å². The minimum absolute atomic E-state index is 0.233. The molecule has 0 aromatic heterocycles. The Bertz CT molecular complexity index is 380. The van der Waals surface area contributed by atoms with E-state index in [1.165, 1.54) is 0 Å². The Balaban J connectivity index is 2.90. The Kier molecular flexibility index (Phi) is 4.76. The highest BCUT2D eigenvalue weighted by atomic mass is 79.9. The number of hydrogen-bond acceptors (Lipinski definition) is 3. The second-order valence-corrected chi connectivity index (χ2v) is 4.27. The smallest absolute Gasteiger partial charge is 0.241 e. The van der Waals surface area contributed by atoms with Crippen LogP contribution in [0.5, 0.6) is 5.75 Å². The number of nitrogens with two attached hydrogens (primary N) is 1.